The minimum Gasteiger partial charge on any atom is -0.393 e. The first kappa shape index (κ1) is 25.9. The molecule has 35 heavy (non-hydrogen) atoms. The molecule has 5 fully saturated rings. The Bertz CT molecular complexity index is 934. The molecule has 0 aromatic carbocycles. The van der Waals surface area contributed by atoms with Crippen LogP contribution in [0.2, 0.25) is 0 Å². The van der Waals surface area contributed by atoms with E-state index in [1.165, 1.54) is 17.7 Å². The third-order valence-corrected chi connectivity index (χ3v) is 13.1. The lowest BCUT2D eigenvalue weighted by molar-refractivity contribution is -0.175. The maximum Gasteiger partial charge on any atom is 0.271 e. The fraction of sp³-hybridized carbons (Fsp3) is 0.963. The minimum absolute atomic E-state index is 0.0357. The van der Waals surface area contributed by atoms with Gasteiger partial charge in [0.1, 0.15) is 5.25 Å². The summed E-state index contributed by atoms with van der Waals surface area (Å²) >= 11 is 0. The van der Waals surface area contributed by atoms with E-state index >= 15 is 0 Å². The summed E-state index contributed by atoms with van der Waals surface area (Å²) in [6, 6.07) is 0. The molecule has 0 spiro atoms. The zero-order valence-corrected chi connectivity index (χ0v) is 22.4. The number of carbonyl (C=O) groups excluding carboxylic acids is 1. The van der Waals surface area contributed by atoms with Gasteiger partial charge in [0, 0.05) is 19.5 Å². The number of aliphatic hydroxyl groups is 2. The number of amides is 1. The second kappa shape index (κ2) is 8.95. The monoisotopic (exact) mass is 511 g/mol. The first-order valence-electron chi connectivity index (χ1n) is 14.0. The first-order valence-corrected chi connectivity index (χ1v) is 15.5. The van der Waals surface area contributed by atoms with Gasteiger partial charge < -0.3 is 15.1 Å². The van der Waals surface area contributed by atoms with Crippen LogP contribution in [-0.2, 0) is 14.9 Å². The van der Waals surface area contributed by atoms with Crippen molar-refractivity contribution in [3.63, 3.8) is 0 Å². The lowest BCUT2D eigenvalue weighted by atomic mass is 9.43. The second-order valence-corrected chi connectivity index (χ2v) is 15.0. The summed E-state index contributed by atoms with van der Waals surface area (Å²) in [4.78, 5) is 14.1. The molecule has 5 aliphatic rings. The molecule has 7 nitrogen and oxygen atoms in total. The fourth-order valence-electron chi connectivity index (χ4n) is 9.70. The topological polar surface area (TPSA) is 115 Å². The molecule has 1 heterocycles. The van der Waals surface area contributed by atoms with Crippen molar-refractivity contribution in [3.8, 4) is 0 Å². The van der Waals surface area contributed by atoms with Gasteiger partial charge in [0.15, 0.2) is 0 Å². The van der Waals surface area contributed by atoms with Gasteiger partial charge in [-0.3, -0.25) is 9.35 Å². The van der Waals surface area contributed by atoms with Crippen molar-refractivity contribution >= 4 is 16.0 Å². The van der Waals surface area contributed by atoms with E-state index in [-0.39, 0.29) is 42.0 Å². The van der Waals surface area contributed by atoms with Crippen LogP contribution < -0.4 is 0 Å². The summed E-state index contributed by atoms with van der Waals surface area (Å²) in [6.07, 6.45) is 9.09. The highest BCUT2D eigenvalue weighted by Crippen LogP contribution is 2.68. The van der Waals surface area contributed by atoms with Gasteiger partial charge in [0.25, 0.3) is 10.1 Å². The molecule has 5 rings (SSSR count). The molecular formula is C27H45NO6S. The van der Waals surface area contributed by atoms with Crippen molar-refractivity contribution in [2.45, 2.75) is 102 Å². The van der Waals surface area contributed by atoms with Crippen LogP contribution in [0.4, 0.5) is 0 Å². The number of aliphatic hydroxyl groups excluding tert-OH is 2. The summed E-state index contributed by atoms with van der Waals surface area (Å²) < 4.78 is 31.6. The summed E-state index contributed by atoms with van der Waals surface area (Å²) in [5, 5.41) is 21.1. The summed E-state index contributed by atoms with van der Waals surface area (Å²) in [5.41, 5.74) is 0.117. The Morgan fingerprint density at radius 2 is 1.74 bits per heavy atom. The molecule has 0 aromatic heterocycles. The van der Waals surface area contributed by atoms with Gasteiger partial charge in [-0.1, -0.05) is 20.8 Å². The van der Waals surface area contributed by atoms with Gasteiger partial charge in [0.05, 0.1) is 12.2 Å². The average Bonchev–Trinajstić information content (AvgIpc) is 3.10. The highest BCUT2D eigenvalue weighted by molar-refractivity contribution is 7.86. The Kier molecular flexibility index (Phi) is 6.63. The van der Waals surface area contributed by atoms with Crippen molar-refractivity contribution in [1.82, 2.24) is 4.90 Å². The van der Waals surface area contributed by atoms with E-state index in [2.05, 4.69) is 20.8 Å². The van der Waals surface area contributed by atoms with E-state index in [0.717, 1.165) is 44.9 Å². The Hall–Kier alpha value is -0.700. The van der Waals surface area contributed by atoms with Crippen LogP contribution in [0, 0.1) is 46.3 Å². The lowest BCUT2D eigenvalue weighted by Crippen LogP contribution is -2.59. The van der Waals surface area contributed by atoms with Gasteiger partial charge in [0.2, 0.25) is 5.91 Å². The standard InChI is InChI=1S/C27H45NO6S/c1-16(4-9-25(31)28-14-19(15-28)35(32,33)34)21-7-8-22-20-6-5-17-12-18(29)10-11-26(17,2)23(20)13-24(30)27(21,22)3/h16-24,29-30H,4-15H2,1-3H3,(H,32,33,34). The molecule has 10 atom stereocenters. The average molecular weight is 512 g/mol. The molecule has 1 amide bonds. The van der Waals surface area contributed by atoms with E-state index in [0.29, 0.717) is 41.9 Å². The Morgan fingerprint density at radius 1 is 1.03 bits per heavy atom. The number of hydrogen-bond donors (Lipinski definition) is 3. The number of rotatable bonds is 5. The number of carbonyl (C=O) groups is 1. The van der Waals surface area contributed by atoms with Crippen LogP contribution in [0.3, 0.4) is 0 Å². The van der Waals surface area contributed by atoms with Crippen LogP contribution in [0.25, 0.3) is 0 Å². The lowest BCUT2D eigenvalue weighted by Gasteiger charge is -2.62. The highest BCUT2D eigenvalue weighted by atomic mass is 32.2. The van der Waals surface area contributed by atoms with Crippen molar-refractivity contribution in [3.05, 3.63) is 0 Å². The van der Waals surface area contributed by atoms with Gasteiger partial charge >= 0.3 is 0 Å². The van der Waals surface area contributed by atoms with Crippen LogP contribution in [0.1, 0.15) is 85.0 Å². The van der Waals surface area contributed by atoms with Crippen molar-refractivity contribution < 1.29 is 28.0 Å². The predicted molar refractivity (Wildman–Crippen MR) is 133 cm³/mol. The maximum atomic E-state index is 12.6. The molecule has 200 valence electrons. The van der Waals surface area contributed by atoms with E-state index < -0.39 is 15.4 Å². The molecule has 1 aliphatic heterocycles. The van der Waals surface area contributed by atoms with E-state index in [4.69, 9.17) is 4.55 Å². The third kappa shape index (κ3) is 4.18. The minimum atomic E-state index is -4.06. The van der Waals surface area contributed by atoms with Crippen molar-refractivity contribution in [2.75, 3.05) is 13.1 Å². The largest absolute Gasteiger partial charge is 0.393 e. The normalized spacial score (nSPS) is 46.8. The van der Waals surface area contributed by atoms with Crippen LogP contribution in [-0.4, -0.2) is 64.5 Å². The van der Waals surface area contributed by atoms with Gasteiger partial charge in [-0.15, -0.1) is 0 Å². The van der Waals surface area contributed by atoms with Gasteiger partial charge in [-0.05, 0) is 104 Å². The zero-order valence-electron chi connectivity index (χ0n) is 21.6. The Labute approximate surface area is 210 Å². The van der Waals surface area contributed by atoms with Crippen LogP contribution in [0.5, 0.6) is 0 Å². The number of likely N-dealkylation sites (tertiary alicyclic amines) is 1. The molecule has 3 N–H and O–H groups in total. The Morgan fingerprint density at radius 3 is 2.43 bits per heavy atom. The summed E-state index contributed by atoms with van der Waals surface area (Å²) in [6.45, 7) is 7.17. The van der Waals surface area contributed by atoms with E-state index in [9.17, 15) is 23.4 Å². The Balaban J connectivity index is 1.23. The number of nitrogens with zero attached hydrogens (tertiary/aromatic N) is 1. The highest BCUT2D eigenvalue weighted by Gasteiger charge is 2.63. The van der Waals surface area contributed by atoms with E-state index in [1.54, 1.807) is 0 Å². The molecule has 0 bridgehead atoms. The van der Waals surface area contributed by atoms with Crippen molar-refractivity contribution in [1.29, 1.82) is 0 Å². The SMILES string of the molecule is CC(CCC(=O)N1CC(S(=O)(=O)O)C1)C1CCC2C3CCC4CC(O)CCC4(C)C3CC(O)C12C. The smallest absolute Gasteiger partial charge is 0.271 e. The molecule has 0 radical (unpaired) electrons. The van der Waals surface area contributed by atoms with Crippen molar-refractivity contribution in [2.24, 2.45) is 46.3 Å². The van der Waals surface area contributed by atoms with Gasteiger partial charge in [-0.25, -0.2) is 0 Å². The second-order valence-electron chi connectivity index (χ2n) is 13.3. The molecular weight excluding hydrogens is 466 g/mol. The molecule has 4 saturated carbocycles. The molecule has 4 aliphatic carbocycles. The number of hydrogen-bond acceptors (Lipinski definition) is 5. The van der Waals surface area contributed by atoms with E-state index in [1.807, 2.05) is 0 Å². The molecule has 10 unspecified atom stereocenters. The molecule has 0 aromatic rings. The van der Waals surface area contributed by atoms with Crippen LogP contribution in [0.15, 0.2) is 0 Å². The van der Waals surface area contributed by atoms with Gasteiger partial charge in [-0.2, -0.15) is 8.42 Å². The quantitative estimate of drug-likeness (QED) is 0.487. The fourth-order valence-corrected chi connectivity index (χ4v) is 10.4. The predicted octanol–water partition coefficient (Wildman–Crippen LogP) is 3.49. The summed E-state index contributed by atoms with van der Waals surface area (Å²) in [7, 11) is -4.06. The molecule has 1 saturated heterocycles. The zero-order chi connectivity index (χ0) is 25.3. The number of fused-ring (bicyclic) bond motifs is 5. The first-order chi connectivity index (χ1) is 16.4. The maximum absolute atomic E-state index is 12.6. The molecule has 8 heteroatoms. The summed E-state index contributed by atoms with van der Waals surface area (Å²) in [5.74, 6) is 2.96. The van der Waals surface area contributed by atoms with Crippen LogP contribution >= 0.6 is 0 Å². The third-order valence-electron chi connectivity index (χ3n) is 11.9.